The number of hydrogen-bond donors (Lipinski definition) is 2. The molecule has 0 aliphatic carbocycles. The third kappa shape index (κ3) is 4.43. The monoisotopic (exact) mass is 373 g/mol. The molecule has 0 spiro atoms. The summed E-state index contributed by atoms with van der Waals surface area (Å²) in [6.45, 7) is 0.495. The SMILES string of the molecule is O=C(Nc1c(Cl)cccc1Cl)c1ccnc(NCc2cccnc2)n1. The Hall–Kier alpha value is -2.70. The summed E-state index contributed by atoms with van der Waals surface area (Å²) < 4.78 is 0. The van der Waals surface area contributed by atoms with E-state index in [2.05, 4.69) is 25.6 Å². The van der Waals surface area contributed by atoms with Crippen LogP contribution in [0.4, 0.5) is 11.6 Å². The van der Waals surface area contributed by atoms with Gasteiger partial charge in [0.25, 0.3) is 5.91 Å². The lowest BCUT2D eigenvalue weighted by Crippen LogP contribution is -2.16. The van der Waals surface area contributed by atoms with Crippen LogP contribution in [0.15, 0.2) is 55.0 Å². The van der Waals surface area contributed by atoms with Crippen molar-refractivity contribution in [2.24, 2.45) is 0 Å². The summed E-state index contributed by atoms with van der Waals surface area (Å²) in [5.41, 5.74) is 1.52. The van der Waals surface area contributed by atoms with Gasteiger partial charge in [0.05, 0.1) is 15.7 Å². The maximum atomic E-state index is 12.4. The molecule has 3 rings (SSSR count). The lowest BCUT2D eigenvalue weighted by Gasteiger charge is -2.09. The van der Waals surface area contributed by atoms with Crippen LogP contribution in [0.2, 0.25) is 10.0 Å². The van der Waals surface area contributed by atoms with Crippen molar-refractivity contribution in [2.75, 3.05) is 10.6 Å². The highest BCUT2D eigenvalue weighted by atomic mass is 35.5. The van der Waals surface area contributed by atoms with Gasteiger partial charge >= 0.3 is 0 Å². The van der Waals surface area contributed by atoms with E-state index in [1.165, 1.54) is 12.3 Å². The van der Waals surface area contributed by atoms with Crippen molar-refractivity contribution in [2.45, 2.75) is 6.54 Å². The Kier molecular flexibility index (Phi) is 5.42. The van der Waals surface area contributed by atoms with Crippen LogP contribution in [0, 0.1) is 0 Å². The standard InChI is InChI=1S/C17H13Cl2N5O/c18-12-4-1-5-13(19)15(12)24-16(25)14-6-8-21-17(23-14)22-10-11-3-2-7-20-9-11/h1-9H,10H2,(H,24,25)(H,21,22,23). The fraction of sp³-hybridized carbons (Fsp3) is 0.0588. The lowest BCUT2D eigenvalue weighted by atomic mass is 10.3. The molecule has 6 nitrogen and oxygen atoms in total. The topological polar surface area (TPSA) is 79.8 Å². The van der Waals surface area contributed by atoms with Crippen molar-refractivity contribution in [3.8, 4) is 0 Å². The number of para-hydroxylation sites is 1. The Bertz CT molecular complexity index is 869. The second-order valence-corrected chi connectivity index (χ2v) is 5.85. The number of nitrogens with zero attached hydrogens (tertiary/aromatic N) is 3. The second kappa shape index (κ2) is 7.92. The van der Waals surface area contributed by atoms with E-state index in [9.17, 15) is 4.79 Å². The fourth-order valence-electron chi connectivity index (χ4n) is 2.05. The van der Waals surface area contributed by atoms with E-state index < -0.39 is 5.91 Å². The van der Waals surface area contributed by atoms with Gasteiger partial charge in [-0.15, -0.1) is 0 Å². The molecule has 0 saturated carbocycles. The average Bonchev–Trinajstić information content (AvgIpc) is 2.64. The summed E-state index contributed by atoms with van der Waals surface area (Å²) in [5, 5.41) is 6.42. The molecular formula is C17H13Cl2N5O. The molecule has 0 aliphatic heterocycles. The smallest absolute Gasteiger partial charge is 0.274 e. The number of carbonyl (C=O) groups excluding carboxylic acids is 1. The van der Waals surface area contributed by atoms with Crippen molar-refractivity contribution in [1.29, 1.82) is 0 Å². The molecule has 0 bridgehead atoms. The number of nitrogens with one attached hydrogen (secondary N) is 2. The number of rotatable bonds is 5. The van der Waals surface area contributed by atoms with E-state index in [1.807, 2.05) is 12.1 Å². The predicted molar refractivity (Wildman–Crippen MR) is 98.0 cm³/mol. The molecule has 2 aromatic heterocycles. The Morgan fingerprint density at radius 3 is 2.56 bits per heavy atom. The van der Waals surface area contributed by atoms with Gasteiger partial charge in [-0.1, -0.05) is 35.3 Å². The van der Waals surface area contributed by atoms with Crippen LogP contribution in [0.5, 0.6) is 0 Å². The van der Waals surface area contributed by atoms with Gasteiger partial charge in [-0.05, 0) is 29.8 Å². The minimum absolute atomic E-state index is 0.194. The summed E-state index contributed by atoms with van der Waals surface area (Å²) in [6, 6.07) is 10.3. The number of benzene rings is 1. The minimum Gasteiger partial charge on any atom is -0.350 e. The van der Waals surface area contributed by atoms with E-state index in [-0.39, 0.29) is 5.69 Å². The maximum Gasteiger partial charge on any atom is 0.274 e. The quantitative estimate of drug-likeness (QED) is 0.705. The van der Waals surface area contributed by atoms with Crippen LogP contribution in [0.1, 0.15) is 16.1 Å². The van der Waals surface area contributed by atoms with Crippen LogP contribution in [0.25, 0.3) is 0 Å². The summed E-state index contributed by atoms with van der Waals surface area (Å²) >= 11 is 12.1. The van der Waals surface area contributed by atoms with Gasteiger partial charge in [0.1, 0.15) is 5.69 Å². The second-order valence-electron chi connectivity index (χ2n) is 5.03. The Morgan fingerprint density at radius 2 is 1.84 bits per heavy atom. The molecule has 8 heteroatoms. The first kappa shape index (κ1) is 17.1. The third-order valence-corrected chi connectivity index (χ3v) is 3.89. The van der Waals surface area contributed by atoms with Gasteiger partial charge in [-0.3, -0.25) is 9.78 Å². The Labute approximate surface area is 154 Å². The summed E-state index contributed by atoms with van der Waals surface area (Å²) in [7, 11) is 0. The zero-order valence-electron chi connectivity index (χ0n) is 12.9. The van der Waals surface area contributed by atoms with E-state index >= 15 is 0 Å². The number of anilines is 2. The molecule has 2 heterocycles. The van der Waals surface area contributed by atoms with Gasteiger partial charge in [0.2, 0.25) is 5.95 Å². The molecule has 3 aromatic rings. The maximum absolute atomic E-state index is 12.4. The Balaban J connectivity index is 1.71. The van der Waals surface area contributed by atoms with Crippen molar-refractivity contribution < 1.29 is 4.79 Å². The first-order chi connectivity index (χ1) is 12.1. The first-order valence-electron chi connectivity index (χ1n) is 7.34. The van der Waals surface area contributed by atoms with E-state index in [0.717, 1.165) is 5.56 Å². The van der Waals surface area contributed by atoms with Crippen LogP contribution in [0.3, 0.4) is 0 Å². The average molecular weight is 374 g/mol. The molecule has 25 heavy (non-hydrogen) atoms. The number of amides is 1. The zero-order chi connectivity index (χ0) is 17.6. The van der Waals surface area contributed by atoms with Crippen LogP contribution in [-0.4, -0.2) is 20.9 Å². The summed E-state index contributed by atoms with van der Waals surface area (Å²) in [4.78, 5) is 24.7. The van der Waals surface area contributed by atoms with Crippen molar-refractivity contribution in [3.63, 3.8) is 0 Å². The molecule has 1 aromatic carbocycles. The molecule has 0 unspecified atom stereocenters. The minimum atomic E-state index is -0.429. The van der Waals surface area contributed by atoms with E-state index in [4.69, 9.17) is 23.2 Å². The molecule has 1 amide bonds. The lowest BCUT2D eigenvalue weighted by molar-refractivity contribution is 0.102. The number of hydrogen-bond acceptors (Lipinski definition) is 5. The molecular weight excluding hydrogens is 361 g/mol. The Morgan fingerprint density at radius 1 is 1.04 bits per heavy atom. The summed E-state index contributed by atoms with van der Waals surface area (Å²) in [5.74, 6) is -0.0939. The normalized spacial score (nSPS) is 10.3. The number of carbonyl (C=O) groups is 1. The molecule has 2 N–H and O–H groups in total. The molecule has 126 valence electrons. The van der Waals surface area contributed by atoms with Crippen LogP contribution < -0.4 is 10.6 Å². The van der Waals surface area contributed by atoms with Gasteiger partial charge < -0.3 is 10.6 Å². The first-order valence-corrected chi connectivity index (χ1v) is 8.10. The largest absolute Gasteiger partial charge is 0.350 e. The van der Waals surface area contributed by atoms with Crippen molar-refractivity contribution in [3.05, 3.63) is 76.3 Å². The molecule has 0 saturated heterocycles. The zero-order valence-corrected chi connectivity index (χ0v) is 14.4. The van der Waals surface area contributed by atoms with Crippen LogP contribution in [-0.2, 0) is 6.54 Å². The van der Waals surface area contributed by atoms with Gasteiger partial charge in [-0.2, -0.15) is 0 Å². The highest BCUT2D eigenvalue weighted by Crippen LogP contribution is 2.30. The third-order valence-electron chi connectivity index (χ3n) is 3.26. The number of pyridine rings is 1. The molecule has 0 atom stereocenters. The van der Waals surface area contributed by atoms with Gasteiger partial charge in [0, 0.05) is 25.1 Å². The number of aromatic nitrogens is 3. The highest BCUT2D eigenvalue weighted by molar-refractivity contribution is 6.39. The van der Waals surface area contributed by atoms with Crippen molar-refractivity contribution in [1.82, 2.24) is 15.0 Å². The van der Waals surface area contributed by atoms with E-state index in [0.29, 0.717) is 28.2 Å². The predicted octanol–water partition coefficient (Wildman–Crippen LogP) is 4.04. The van der Waals surface area contributed by atoms with Gasteiger partial charge in [0.15, 0.2) is 0 Å². The molecule has 0 radical (unpaired) electrons. The van der Waals surface area contributed by atoms with Crippen LogP contribution >= 0.6 is 23.2 Å². The highest BCUT2D eigenvalue weighted by Gasteiger charge is 2.13. The van der Waals surface area contributed by atoms with E-state index in [1.54, 1.807) is 30.6 Å². The molecule has 0 fully saturated rings. The number of halogens is 2. The fourth-order valence-corrected chi connectivity index (χ4v) is 2.54. The van der Waals surface area contributed by atoms with Gasteiger partial charge in [-0.25, -0.2) is 9.97 Å². The summed E-state index contributed by atoms with van der Waals surface area (Å²) in [6.07, 6.45) is 4.94. The van der Waals surface area contributed by atoms with Crippen molar-refractivity contribution >= 4 is 40.7 Å². The molecule has 0 aliphatic rings.